The van der Waals surface area contributed by atoms with Gasteiger partial charge in [-0.05, 0) is 37.8 Å². The van der Waals surface area contributed by atoms with Crippen LogP contribution < -0.4 is 4.74 Å². The van der Waals surface area contributed by atoms with Crippen molar-refractivity contribution in [3.05, 3.63) is 22.9 Å². The van der Waals surface area contributed by atoms with Gasteiger partial charge in [0.05, 0.1) is 6.61 Å². The van der Waals surface area contributed by atoms with E-state index < -0.39 is 5.97 Å². The number of hydrogen-bond acceptors (Lipinski definition) is 4. The molecule has 0 bridgehead atoms. The molecule has 0 unspecified atom stereocenters. The van der Waals surface area contributed by atoms with Crippen LogP contribution in [0.5, 0.6) is 5.88 Å². The minimum absolute atomic E-state index is 0.146. The SMILES string of the molecule is CCOCCOc1nc2c(cc1C(=O)O)CCC2. The molecule has 0 amide bonds. The van der Waals surface area contributed by atoms with Crippen molar-refractivity contribution in [3.8, 4) is 5.88 Å². The topological polar surface area (TPSA) is 68.7 Å². The number of pyridine rings is 1. The molecule has 1 N–H and O–H groups in total. The Morgan fingerprint density at radius 2 is 2.28 bits per heavy atom. The first kappa shape index (κ1) is 12.8. The molecule has 0 spiro atoms. The maximum atomic E-state index is 11.2. The van der Waals surface area contributed by atoms with E-state index in [1.54, 1.807) is 6.07 Å². The molecule has 0 aromatic carbocycles. The lowest BCUT2D eigenvalue weighted by atomic mass is 10.1. The van der Waals surface area contributed by atoms with Gasteiger partial charge in [0.15, 0.2) is 0 Å². The predicted octanol–water partition coefficient (Wildman–Crippen LogP) is 1.68. The van der Waals surface area contributed by atoms with Crippen molar-refractivity contribution >= 4 is 5.97 Å². The van der Waals surface area contributed by atoms with Gasteiger partial charge in [-0.15, -0.1) is 0 Å². The van der Waals surface area contributed by atoms with Crippen molar-refractivity contribution in [2.24, 2.45) is 0 Å². The van der Waals surface area contributed by atoms with Gasteiger partial charge in [0, 0.05) is 12.3 Å². The first-order valence-electron chi connectivity index (χ1n) is 6.19. The molecule has 1 aromatic heterocycles. The number of aromatic nitrogens is 1. The summed E-state index contributed by atoms with van der Waals surface area (Å²) in [4.78, 5) is 15.5. The third kappa shape index (κ3) is 2.79. The van der Waals surface area contributed by atoms with Gasteiger partial charge in [0.2, 0.25) is 5.88 Å². The van der Waals surface area contributed by atoms with Crippen LogP contribution in [0.4, 0.5) is 0 Å². The van der Waals surface area contributed by atoms with E-state index >= 15 is 0 Å². The second-order valence-corrected chi connectivity index (χ2v) is 4.15. The largest absolute Gasteiger partial charge is 0.477 e. The zero-order chi connectivity index (χ0) is 13.0. The first-order valence-corrected chi connectivity index (χ1v) is 6.19. The van der Waals surface area contributed by atoms with Crippen LogP contribution in [0, 0.1) is 0 Å². The monoisotopic (exact) mass is 251 g/mol. The van der Waals surface area contributed by atoms with Gasteiger partial charge in [-0.2, -0.15) is 0 Å². The number of rotatable bonds is 6. The Hall–Kier alpha value is -1.62. The van der Waals surface area contributed by atoms with Crippen LogP contribution >= 0.6 is 0 Å². The highest BCUT2D eigenvalue weighted by molar-refractivity contribution is 5.90. The minimum atomic E-state index is -0.997. The van der Waals surface area contributed by atoms with E-state index in [0.717, 1.165) is 30.5 Å². The van der Waals surface area contributed by atoms with Gasteiger partial charge in [0.25, 0.3) is 0 Å². The highest BCUT2D eigenvalue weighted by Crippen LogP contribution is 2.26. The number of aryl methyl sites for hydroxylation is 2. The van der Waals surface area contributed by atoms with Crippen LogP contribution in [-0.4, -0.2) is 35.9 Å². The number of hydrogen-bond donors (Lipinski definition) is 1. The Bertz CT molecular complexity index is 445. The number of carboxylic acids is 1. The van der Waals surface area contributed by atoms with Gasteiger partial charge >= 0.3 is 5.97 Å². The Morgan fingerprint density at radius 1 is 1.44 bits per heavy atom. The summed E-state index contributed by atoms with van der Waals surface area (Å²) in [6, 6.07) is 1.69. The smallest absolute Gasteiger partial charge is 0.341 e. The first-order chi connectivity index (χ1) is 8.72. The van der Waals surface area contributed by atoms with E-state index in [0.29, 0.717) is 19.8 Å². The molecule has 0 radical (unpaired) electrons. The molecule has 0 atom stereocenters. The Labute approximate surface area is 106 Å². The quantitative estimate of drug-likeness (QED) is 0.779. The molecule has 1 aromatic rings. The van der Waals surface area contributed by atoms with Crippen molar-refractivity contribution in [1.29, 1.82) is 0 Å². The van der Waals surface area contributed by atoms with E-state index in [9.17, 15) is 4.79 Å². The van der Waals surface area contributed by atoms with E-state index in [1.165, 1.54) is 0 Å². The number of carboxylic acid groups (broad SMARTS) is 1. The third-order valence-corrected chi connectivity index (χ3v) is 2.92. The van der Waals surface area contributed by atoms with Crippen molar-refractivity contribution < 1.29 is 19.4 Å². The summed E-state index contributed by atoms with van der Waals surface area (Å²) in [5, 5.41) is 9.15. The molecule has 0 fully saturated rings. The van der Waals surface area contributed by atoms with Crippen molar-refractivity contribution in [1.82, 2.24) is 4.98 Å². The van der Waals surface area contributed by atoms with Gasteiger partial charge < -0.3 is 14.6 Å². The van der Waals surface area contributed by atoms with Crippen LogP contribution in [0.1, 0.15) is 35.0 Å². The lowest BCUT2D eigenvalue weighted by molar-refractivity contribution is 0.0684. The van der Waals surface area contributed by atoms with Crippen LogP contribution in [0.15, 0.2) is 6.07 Å². The maximum absolute atomic E-state index is 11.2. The van der Waals surface area contributed by atoms with Gasteiger partial charge in [0.1, 0.15) is 12.2 Å². The second kappa shape index (κ2) is 5.82. The fourth-order valence-electron chi connectivity index (χ4n) is 2.06. The van der Waals surface area contributed by atoms with Crippen LogP contribution in [-0.2, 0) is 17.6 Å². The number of aromatic carboxylic acids is 1. The molecule has 2 rings (SSSR count). The molecule has 18 heavy (non-hydrogen) atoms. The maximum Gasteiger partial charge on any atom is 0.341 e. The zero-order valence-electron chi connectivity index (χ0n) is 10.4. The molecular formula is C13H17NO4. The summed E-state index contributed by atoms with van der Waals surface area (Å²) in [6.07, 6.45) is 2.84. The Morgan fingerprint density at radius 3 is 3.00 bits per heavy atom. The Kier molecular flexibility index (Phi) is 4.15. The number of nitrogens with zero attached hydrogens (tertiary/aromatic N) is 1. The van der Waals surface area contributed by atoms with Crippen LogP contribution in [0.3, 0.4) is 0 Å². The third-order valence-electron chi connectivity index (χ3n) is 2.92. The van der Waals surface area contributed by atoms with Crippen LogP contribution in [0.25, 0.3) is 0 Å². The molecule has 98 valence electrons. The molecule has 0 saturated carbocycles. The Balaban J connectivity index is 2.14. The van der Waals surface area contributed by atoms with Crippen molar-refractivity contribution in [2.45, 2.75) is 26.2 Å². The summed E-state index contributed by atoms with van der Waals surface area (Å²) >= 11 is 0. The molecule has 1 aliphatic rings. The minimum Gasteiger partial charge on any atom is -0.477 e. The molecule has 1 aliphatic carbocycles. The van der Waals surface area contributed by atoms with Crippen molar-refractivity contribution in [2.75, 3.05) is 19.8 Å². The fourth-order valence-corrected chi connectivity index (χ4v) is 2.06. The predicted molar refractivity (Wildman–Crippen MR) is 65.2 cm³/mol. The van der Waals surface area contributed by atoms with E-state index in [-0.39, 0.29) is 11.4 Å². The summed E-state index contributed by atoms with van der Waals surface area (Å²) in [5.74, 6) is -0.786. The number of carbonyl (C=O) groups is 1. The average molecular weight is 251 g/mol. The molecule has 0 aliphatic heterocycles. The highest BCUT2D eigenvalue weighted by Gasteiger charge is 2.20. The molecular weight excluding hydrogens is 234 g/mol. The van der Waals surface area contributed by atoms with Gasteiger partial charge in [-0.25, -0.2) is 9.78 Å². The fraction of sp³-hybridized carbons (Fsp3) is 0.538. The normalized spacial score (nSPS) is 13.4. The summed E-state index contributed by atoms with van der Waals surface area (Å²) in [6.45, 7) is 3.28. The van der Waals surface area contributed by atoms with E-state index in [1.807, 2.05) is 6.92 Å². The second-order valence-electron chi connectivity index (χ2n) is 4.15. The van der Waals surface area contributed by atoms with Crippen LogP contribution in [0.2, 0.25) is 0 Å². The highest BCUT2D eigenvalue weighted by atomic mass is 16.5. The summed E-state index contributed by atoms with van der Waals surface area (Å²) in [7, 11) is 0. The summed E-state index contributed by atoms with van der Waals surface area (Å²) in [5.41, 5.74) is 2.14. The lowest BCUT2D eigenvalue weighted by Crippen LogP contribution is -2.12. The number of ether oxygens (including phenoxy) is 2. The molecule has 5 heteroatoms. The zero-order valence-corrected chi connectivity index (χ0v) is 10.4. The molecule has 5 nitrogen and oxygen atoms in total. The van der Waals surface area contributed by atoms with E-state index in [2.05, 4.69) is 4.98 Å². The van der Waals surface area contributed by atoms with Crippen molar-refractivity contribution in [3.63, 3.8) is 0 Å². The number of fused-ring (bicyclic) bond motifs is 1. The van der Waals surface area contributed by atoms with Gasteiger partial charge in [-0.3, -0.25) is 0 Å². The average Bonchev–Trinajstić information content (AvgIpc) is 2.80. The standard InChI is InChI=1S/C13H17NO4/c1-2-17-6-7-18-12-10(13(15)16)8-9-4-3-5-11(9)14-12/h8H,2-7H2,1H3,(H,15,16). The van der Waals surface area contributed by atoms with Gasteiger partial charge in [-0.1, -0.05) is 0 Å². The molecule has 1 heterocycles. The molecule has 0 saturated heterocycles. The lowest BCUT2D eigenvalue weighted by Gasteiger charge is -2.10. The summed E-state index contributed by atoms with van der Waals surface area (Å²) < 4.78 is 10.6. The van der Waals surface area contributed by atoms with E-state index in [4.69, 9.17) is 14.6 Å².